The first-order chi connectivity index (χ1) is 7.83. The first-order valence-corrected chi connectivity index (χ1v) is 7.36. The van der Waals surface area contributed by atoms with Crippen LogP contribution in [-0.2, 0) is 10.2 Å². The van der Waals surface area contributed by atoms with Crippen LogP contribution in [0.25, 0.3) is 0 Å². The van der Waals surface area contributed by atoms with Crippen molar-refractivity contribution in [2.24, 2.45) is 5.14 Å². The lowest BCUT2D eigenvalue weighted by molar-refractivity contribution is 0.466. The van der Waals surface area contributed by atoms with Crippen LogP contribution in [-0.4, -0.2) is 32.5 Å². The molecule has 2 heterocycles. The van der Waals surface area contributed by atoms with Gasteiger partial charge < -0.3 is 4.90 Å². The van der Waals surface area contributed by atoms with Gasteiger partial charge in [-0.3, -0.25) is 0 Å². The van der Waals surface area contributed by atoms with Crippen molar-refractivity contribution in [3.63, 3.8) is 0 Å². The van der Waals surface area contributed by atoms with Gasteiger partial charge in [-0.2, -0.15) is 13.1 Å². The van der Waals surface area contributed by atoms with Crippen LogP contribution < -0.4 is 14.8 Å². The molecule has 3 N–H and O–H groups in total. The Labute approximate surface area is 109 Å². The number of halogens is 1. The highest BCUT2D eigenvalue weighted by Gasteiger charge is 2.30. The van der Waals surface area contributed by atoms with E-state index in [1.165, 1.54) is 0 Å². The van der Waals surface area contributed by atoms with Crippen LogP contribution >= 0.6 is 15.9 Å². The molecule has 0 amide bonds. The molecule has 1 saturated heterocycles. The lowest BCUT2D eigenvalue weighted by Crippen LogP contribution is -2.60. The van der Waals surface area contributed by atoms with Crippen LogP contribution in [0.1, 0.15) is 5.69 Å². The first-order valence-electron chi connectivity index (χ1n) is 5.03. The van der Waals surface area contributed by atoms with E-state index in [-0.39, 0.29) is 6.04 Å². The zero-order chi connectivity index (χ0) is 12.6. The second-order valence-corrected chi connectivity index (χ2v) is 6.29. The Morgan fingerprint density at radius 3 is 2.71 bits per heavy atom. The molecule has 0 aromatic carbocycles. The van der Waals surface area contributed by atoms with E-state index < -0.39 is 10.2 Å². The highest BCUT2D eigenvalue weighted by Crippen LogP contribution is 2.23. The average molecular weight is 321 g/mol. The van der Waals surface area contributed by atoms with E-state index in [1.54, 1.807) is 0 Å². The fourth-order valence-electron chi connectivity index (χ4n) is 1.74. The number of pyridine rings is 1. The smallest absolute Gasteiger partial charge is 0.274 e. The lowest BCUT2D eigenvalue weighted by atomic mass is 10.1. The monoisotopic (exact) mass is 320 g/mol. The molecule has 0 aliphatic carbocycles. The normalized spacial score (nSPS) is 17.0. The van der Waals surface area contributed by atoms with Gasteiger partial charge >= 0.3 is 0 Å². The Morgan fingerprint density at radius 1 is 1.53 bits per heavy atom. The molecule has 0 radical (unpaired) electrons. The van der Waals surface area contributed by atoms with Gasteiger partial charge in [0.25, 0.3) is 10.2 Å². The number of nitrogens with zero attached hydrogens (tertiary/aromatic N) is 2. The first kappa shape index (κ1) is 12.7. The SMILES string of the molecule is Cc1cc(Br)cc(N2CC(NS(N)(=O)=O)C2)n1. The predicted octanol–water partition coefficient (Wildman–Crippen LogP) is 0.134. The lowest BCUT2D eigenvalue weighted by Gasteiger charge is -2.39. The van der Waals surface area contributed by atoms with Gasteiger partial charge in [0, 0.05) is 23.3 Å². The van der Waals surface area contributed by atoms with Crippen molar-refractivity contribution in [2.75, 3.05) is 18.0 Å². The van der Waals surface area contributed by atoms with Gasteiger partial charge in [-0.25, -0.2) is 10.1 Å². The van der Waals surface area contributed by atoms with Crippen molar-refractivity contribution < 1.29 is 8.42 Å². The maximum absolute atomic E-state index is 10.8. The van der Waals surface area contributed by atoms with Crippen LogP contribution in [0.2, 0.25) is 0 Å². The minimum Gasteiger partial charge on any atom is -0.353 e. The zero-order valence-corrected chi connectivity index (χ0v) is 11.6. The summed E-state index contributed by atoms with van der Waals surface area (Å²) in [6.45, 7) is 3.08. The molecule has 0 spiro atoms. The van der Waals surface area contributed by atoms with Crippen molar-refractivity contribution in [3.05, 3.63) is 22.3 Å². The molecular weight excluding hydrogens is 308 g/mol. The van der Waals surface area contributed by atoms with Crippen LogP contribution in [0.5, 0.6) is 0 Å². The van der Waals surface area contributed by atoms with Gasteiger partial charge in [-0.05, 0) is 19.1 Å². The van der Waals surface area contributed by atoms with Gasteiger partial charge in [-0.1, -0.05) is 15.9 Å². The quantitative estimate of drug-likeness (QED) is 0.828. The van der Waals surface area contributed by atoms with Crippen molar-refractivity contribution >= 4 is 32.0 Å². The topological polar surface area (TPSA) is 88.3 Å². The number of hydrogen-bond donors (Lipinski definition) is 2. The van der Waals surface area contributed by atoms with Crippen LogP contribution in [0.3, 0.4) is 0 Å². The number of aromatic nitrogens is 1. The summed E-state index contributed by atoms with van der Waals surface area (Å²) < 4.78 is 24.9. The molecule has 1 aromatic rings. The zero-order valence-electron chi connectivity index (χ0n) is 9.22. The minimum absolute atomic E-state index is 0.133. The number of anilines is 1. The highest BCUT2D eigenvalue weighted by atomic mass is 79.9. The Morgan fingerprint density at radius 2 is 2.18 bits per heavy atom. The van der Waals surface area contributed by atoms with Gasteiger partial charge in [0.05, 0.1) is 6.04 Å². The van der Waals surface area contributed by atoms with Crippen molar-refractivity contribution in [3.8, 4) is 0 Å². The molecule has 0 unspecified atom stereocenters. The summed E-state index contributed by atoms with van der Waals surface area (Å²) in [5.41, 5.74) is 0.914. The van der Waals surface area contributed by atoms with Gasteiger partial charge in [-0.15, -0.1) is 0 Å². The molecule has 2 rings (SSSR count). The summed E-state index contributed by atoms with van der Waals surface area (Å²) in [7, 11) is -3.61. The maximum Gasteiger partial charge on any atom is 0.274 e. The molecule has 8 heteroatoms. The van der Waals surface area contributed by atoms with Gasteiger partial charge in [0.15, 0.2) is 0 Å². The van der Waals surface area contributed by atoms with Crippen molar-refractivity contribution in [1.29, 1.82) is 0 Å². The second kappa shape index (κ2) is 4.52. The molecule has 94 valence electrons. The van der Waals surface area contributed by atoms with E-state index in [2.05, 4.69) is 25.6 Å². The number of nitrogens with one attached hydrogen (secondary N) is 1. The van der Waals surface area contributed by atoms with Crippen LogP contribution in [0.15, 0.2) is 16.6 Å². The van der Waals surface area contributed by atoms with Gasteiger partial charge in [0.2, 0.25) is 0 Å². The van der Waals surface area contributed by atoms with Gasteiger partial charge in [0.1, 0.15) is 5.82 Å². The second-order valence-electron chi connectivity index (χ2n) is 4.05. The van der Waals surface area contributed by atoms with E-state index in [4.69, 9.17) is 5.14 Å². The summed E-state index contributed by atoms with van der Waals surface area (Å²) >= 11 is 3.40. The number of rotatable bonds is 3. The standard InChI is InChI=1S/C9H13BrN4O2S/c1-6-2-7(10)3-9(12-6)14-4-8(5-14)13-17(11,15)16/h2-3,8,13H,4-5H2,1H3,(H2,11,15,16). The predicted molar refractivity (Wildman–Crippen MR) is 68.9 cm³/mol. The summed E-state index contributed by atoms with van der Waals surface area (Å²) in [4.78, 5) is 6.36. The Hall–Kier alpha value is -0.700. The molecule has 6 nitrogen and oxygen atoms in total. The highest BCUT2D eigenvalue weighted by molar-refractivity contribution is 9.10. The average Bonchev–Trinajstić information content (AvgIpc) is 2.07. The van der Waals surface area contributed by atoms with E-state index in [1.807, 2.05) is 24.0 Å². The molecule has 0 bridgehead atoms. The van der Waals surface area contributed by atoms with E-state index in [0.717, 1.165) is 16.0 Å². The molecule has 0 saturated carbocycles. The fourth-order valence-corrected chi connectivity index (χ4v) is 2.89. The number of hydrogen-bond acceptors (Lipinski definition) is 4. The molecular formula is C9H13BrN4O2S. The molecule has 1 aromatic heterocycles. The summed E-state index contributed by atoms with van der Waals surface area (Å²) in [5, 5.41) is 4.90. The number of aryl methyl sites for hydroxylation is 1. The Bertz CT molecular complexity index is 508. The van der Waals surface area contributed by atoms with Crippen molar-refractivity contribution in [2.45, 2.75) is 13.0 Å². The third kappa shape index (κ3) is 3.38. The Kier molecular flexibility index (Phi) is 3.39. The maximum atomic E-state index is 10.8. The largest absolute Gasteiger partial charge is 0.353 e. The van der Waals surface area contributed by atoms with Crippen LogP contribution in [0, 0.1) is 6.92 Å². The Balaban J connectivity index is 2.00. The van der Waals surface area contributed by atoms with E-state index >= 15 is 0 Å². The summed E-state index contributed by atoms with van der Waals surface area (Å²) in [6, 6.07) is 3.69. The molecule has 0 atom stereocenters. The molecule has 1 aliphatic rings. The third-order valence-corrected chi connectivity index (χ3v) is 3.56. The van der Waals surface area contributed by atoms with Crippen molar-refractivity contribution in [1.82, 2.24) is 9.71 Å². The molecule has 17 heavy (non-hydrogen) atoms. The fraction of sp³-hybridized carbons (Fsp3) is 0.444. The third-order valence-electron chi connectivity index (χ3n) is 2.44. The molecule has 1 fully saturated rings. The summed E-state index contributed by atoms with van der Waals surface area (Å²) in [5.74, 6) is 0.837. The van der Waals surface area contributed by atoms with E-state index in [0.29, 0.717) is 13.1 Å². The molecule has 1 aliphatic heterocycles. The van der Waals surface area contributed by atoms with E-state index in [9.17, 15) is 8.42 Å². The number of nitrogens with two attached hydrogens (primary N) is 1. The minimum atomic E-state index is -3.61. The summed E-state index contributed by atoms with van der Waals surface area (Å²) in [6.07, 6.45) is 0. The van der Waals surface area contributed by atoms with Crippen LogP contribution in [0.4, 0.5) is 5.82 Å².